The van der Waals surface area contributed by atoms with Gasteiger partial charge < -0.3 is 10.7 Å². The van der Waals surface area contributed by atoms with E-state index in [1.807, 2.05) is 5.38 Å². The summed E-state index contributed by atoms with van der Waals surface area (Å²) >= 11 is 1.53. The zero-order chi connectivity index (χ0) is 7.68. The first-order valence-corrected chi connectivity index (χ1v) is 3.94. The van der Waals surface area contributed by atoms with Gasteiger partial charge in [-0.25, -0.2) is 9.97 Å². The Balaban J connectivity index is 2.53. The first kappa shape index (κ1) is 6.36. The number of rotatable bonds is 1. The lowest BCUT2D eigenvalue weighted by atomic mass is 10.5. The molecular weight excluding hydrogens is 160 g/mol. The van der Waals surface area contributed by atoms with Crippen molar-refractivity contribution in [3.63, 3.8) is 0 Å². The van der Waals surface area contributed by atoms with Gasteiger partial charge in [0.1, 0.15) is 10.7 Å². The summed E-state index contributed by atoms with van der Waals surface area (Å²) in [6.45, 7) is 0. The lowest BCUT2D eigenvalue weighted by Crippen LogP contribution is -1.87. The number of imidazole rings is 1. The maximum atomic E-state index is 5.56. The van der Waals surface area contributed by atoms with Gasteiger partial charge in [0.25, 0.3) is 0 Å². The van der Waals surface area contributed by atoms with Gasteiger partial charge in [0, 0.05) is 11.6 Å². The Morgan fingerprint density at radius 1 is 1.45 bits per heavy atom. The molecule has 0 aliphatic carbocycles. The molecule has 0 fully saturated rings. The molecule has 0 saturated carbocycles. The number of nitrogen functional groups attached to an aromatic ring is 1. The zero-order valence-electron chi connectivity index (χ0n) is 5.61. The van der Waals surface area contributed by atoms with Crippen molar-refractivity contribution < 1.29 is 0 Å². The number of thiazole rings is 1. The molecule has 2 rings (SSSR count). The van der Waals surface area contributed by atoms with Gasteiger partial charge in [-0.15, -0.1) is 11.3 Å². The summed E-state index contributed by atoms with van der Waals surface area (Å²) in [4.78, 5) is 10.9. The molecule has 0 atom stereocenters. The highest BCUT2D eigenvalue weighted by Crippen LogP contribution is 2.23. The number of aromatic amines is 1. The highest BCUT2D eigenvalue weighted by atomic mass is 32.1. The van der Waals surface area contributed by atoms with E-state index in [2.05, 4.69) is 15.0 Å². The van der Waals surface area contributed by atoms with Crippen molar-refractivity contribution in [2.45, 2.75) is 0 Å². The van der Waals surface area contributed by atoms with E-state index in [0.29, 0.717) is 5.82 Å². The van der Waals surface area contributed by atoms with Crippen LogP contribution in [0.4, 0.5) is 5.82 Å². The Morgan fingerprint density at radius 3 is 2.91 bits per heavy atom. The Kier molecular flexibility index (Phi) is 1.36. The quantitative estimate of drug-likeness (QED) is 0.667. The van der Waals surface area contributed by atoms with Crippen LogP contribution in [-0.4, -0.2) is 15.0 Å². The SMILES string of the molecule is Nc1nc[nH]c1-c1nccs1. The van der Waals surface area contributed by atoms with Crippen molar-refractivity contribution in [3.8, 4) is 10.7 Å². The summed E-state index contributed by atoms with van der Waals surface area (Å²) < 4.78 is 0. The molecule has 0 unspecified atom stereocenters. The van der Waals surface area contributed by atoms with Crippen LogP contribution in [0.25, 0.3) is 10.7 Å². The van der Waals surface area contributed by atoms with Crippen LogP contribution in [0.5, 0.6) is 0 Å². The fourth-order valence-electron chi connectivity index (χ4n) is 0.823. The highest BCUT2D eigenvalue weighted by Gasteiger charge is 2.05. The van der Waals surface area contributed by atoms with Crippen LogP contribution in [0.1, 0.15) is 0 Å². The number of hydrogen-bond donors (Lipinski definition) is 2. The largest absolute Gasteiger partial charge is 0.382 e. The molecule has 0 amide bonds. The van der Waals surface area contributed by atoms with Crippen molar-refractivity contribution in [2.75, 3.05) is 5.73 Å². The maximum Gasteiger partial charge on any atom is 0.152 e. The number of aromatic nitrogens is 3. The third kappa shape index (κ3) is 0.988. The Morgan fingerprint density at radius 2 is 2.36 bits per heavy atom. The van der Waals surface area contributed by atoms with Gasteiger partial charge in [-0.05, 0) is 0 Å². The molecular formula is C6H6N4S. The molecule has 4 nitrogen and oxygen atoms in total. The smallest absolute Gasteiger partial charge is 0.152 e. The molecule has 0 spiro atoms. The van der Waals surface area contributed by atoms with E-state index in [0.717, 1.165) is 10.7 Å². The Labute approximate surface area is 67.1 Å². The predicted molar refractivity (Wildman–Crippen MR) is 44.1 cm³/mol. The zero-order valence-corrected chi connectivity index (χ0v) is 6.43. The number of hydrogen-bond acceptors (Lipinski definition) is 4. The number of H-pyrrole nitrogens is 1. The molecule has 0 radical (unpaired) electrons. The lowest BCUT2D eigenvalue weighted by Gasteiger charge is -1.89. The van der Waals surface area contributed by atoms with E-state index in [4.69, 9.17) is 5.73 Å². The van der Waals surface area contributed by atoms with Crippen molar-refractivity contribution in [1.82, 2.24) is 15.0 Å². The standard InChI is InChI=1S/C6H6N4S/c7-5-4(9-3-10-5)6-8-1-2-11-6/h1-3H,7H2,(H,9,10). The minimum Gasteiger partial charge on any atom is -0.382 e. The predicted octanol–water partition coefficient (Wildman–Crippen LogP) is 1.12. The number of nitrogens with one attached hydrogen (secondary N) is 1. The molecule has 2 aromatic heterocycles. The average molecular weight is 166 g/mol. The minimum absolute atomic E-state index is 0.500. The van der Waals surface area contributed by atoms with Crippen molar-refractivity contribution in [2.24, 2.45) is 0 Å². The van der Waals surface area contributed by atoms with Gasteiger partial charge in [-0.3, -0.25) is 0 Å². The van der Waals surface area contributed by atoms with Crippen molar-refractivity contribution >= 4 is 17.2 Å². The summed E-state index contributed by atoms with van der Waals surface area (Å²) in [6.07, 6.45) is 3.30. The second-order valence-electron chi connectivity index (χ2n) is 2.00. The molecule has 0 aromatic carbocycles. The van der Waals surface area contributed by atoms with E-state index < -0.39 is 0 Å². The third-order valence-corrected chi connectivity index (χ3v) is 2.11. The average Bonchev–Trinajstić information content (AvgIpc) is 2.55. The van der Waals surface area contributed by atoms with Gasteiger partial charge in [0.2, 0.25) is 0 Å². The third-order valence-electron chi connectivity index (χ3n) is 1.31. The number of nitrogens with zero attached hydrogens (tertiary/aromatic N) is 2. The van der Waals surface area contributed by atoms with E-state index in [9.17, 15) is 0 Å². The summed E-state index contributed by atoms with van der Waals surface area (Å²) in [6, 6.07) is 0. The van der Waals surface area contributed by atoms with Crippen LogP contribution < -0.4 is 5.73 Å². The molecule has 3 N–H and O–H groups in total. The maximum absolute atomic E-state index is 5.56. The second-order valence-corrected chi connectivity index (χ2v) is 2.89. The van der Waals surface area contributed by atoms with Gasteiger partial charge >= 0.3 is 0 Å². The second kappa shape index (κ2) is 2.35. The summed E-state index contributed by atoms with van der Waals surface area (Å²) in [5, 5.41) is 2.77. The van der Waals surface area contributed by atoms with Crippen LogP contribution in [0.15, 0.2) is 17.9 Å². The van der Waals surface area contributed by atoms with Crippen molar-refractivity contribution in [3.05, 3.63) is 17.9 Å². The fraction of sp³-hybridized carbons (Fsp3) is 0. The van der Waals surface area contributed by atoms with Crippen LogP contribution >= 0.6 is 11.3 Å². The molecule has 2 aromatic rings. The van der Waals surface area contributed by atoms with Crippen molar-refractivity contribution in [1.29, 1.82) is 0 Å². The molecule has 0 aliphatic rings. The van der Waals surface area contributed by atoms with Gasteiger partial charge in [0.15, 0.2) is 5.82 Å². The molecule has 0 aliphatic heterocycles. The first-order chi connectivity index (χ1) is 5.38. The normalized spacial score (nSPS) is 10.2. The van der Waals surface area contributed by atoms with Crippen LogP contribution in [0.3, 0.4) is 0 Å². The molecule has 56 valence electrons. The molecule has 0 bridgehead atoms. The molecule has 2 heterocycles. The van der Waals surface area contributed by atoms with Crippen LogP contribution in [0.2, 0.25) is 0 Å². The van der Waals surface area contributed by atoms with E-state index in [1.54, 1.807) is 12.5 Å². The molecule has 11 heavy (non-hydrogen) atoms. The topological polar surface area (TPSA) is 67.6 Å². The number of anilines is 1. The van der Waals surface area contributed by atoms with Gasteiger partial charge in [-0.1, -0.05) is 0 Å². The van der Waals surface area contributed by atoms with E-state index in [1.165, 1.54) is 11.3 Å². The molecule has 5 heteroatoms. The summed E-state index contributed by atoms with van der Waals surface area (Å²) in [5.41, 5.74) is 6.36. The van der Waals surface area contributed by atoms with Gasteiger partial charge in [-0.2, -0.15) is 0 Å². The van der Waals surface area contributed by atoms with E-state index >= 15 is 0 Å². The van der Waals surface area contributed by atoms with Crippen LogP contribution in [0, 0.1) is 0 Å². The minimum atomic E-state index is 0.500. The first-order valence-electron chi connectivity index (χ1n) is 3.06. The highest BCUT2D eigenvalue weighted by molar-refractivity contribution is 7.13. The lowest BCUT2D eigenvalue weighted by molar-refractivity contribution is 1.30. The van der Waals surface area contributed by atoms with Crippen LogP contribution in [-0.2, 0) is 0 Å². The Hall–Kier alpha value is -1.36. The number of nitrogens with two attached hydrogens (primary N) is 1. The monoisotopic (exact) mass is 166 g/mol. The molecule has 0 saturated heterocycles. The van der Waals surface area contributed by atoms with E-state index in [-0.39, 0.29) is 0 Å². The Bertz CT molecular complexity index is 337. The summed E-state index contributed by atoms with van der Waals surface area (Å²) in [5.74, 6) is 0.500. The van der Waals surface area contributed by atoms with Gasteiger partial charge in [0.05, 0.1) is 6.33 Å². The summed E-state index contributed by atoms with van der Waals surface area (Å²) in [7, 11) is 0. The fourth-order valence-corrected chi connectivity index (χ4v) is 1.48.